The molecular formula is C6H11FN2O. The van der Waals surface area contributed by atoms with Crippen LogP contribution in [0.25, 0.3) is 0 Å². The zero-order valence-electron chi connectivity index (χ0n) is 5.77. The molecule has 1 rings (SSSR count). The molecule has 0 aromatic heterocycles. The number of amides is 1. The third-order valence-corrected chi connectivity index (χ3v) is 1.58. The van der Waals surface area contributed by atoms with Gasteiger partial charge in [-0.15, -0.1) is 0 Å². The Morgan fingerprint density at radius 2 is 2.10 bits per heavy atom. The summed E-state index contributed by atoms with van der Waals surface area (Å²) in [6.45, 7) is 1.99. The molecule has 1 aliphatic rings. The molecule has 0 bridgehead atoms. The number of carbonyl (C=O) groups excluding carboxylic acids is 1. The van der Waals surface area contributed by atoms with Crippen molar-refractivity contribution in [3.05, 3.63) is 0 Å². The summed E-state index contributed by atoms with van der Waals surface area (Å²) < 4.78 is 11.8. The topological polar surface area (TPSA) is 32.3 Å². The maximum Gasteiger partial charge on any atom is 0.254 e. The van der Waals surface area contributed by atoms with Crippen LogP contribution in [-0.4, -0.2) is 43.7 Å². The van der Waals surface area contributed by atoms with Gasteiger partial charge in [0.2, 0.25) is 0 Å². The molecule has 0 radical (unpaired) electrons. The number of rotatable bonds is 1. The Balaban J connectivity index is 2.31. The van der Waals surface area contributed by atoms with Gasteiger partial charge in [-0.05, 0) is 0 Å². The Hall–Kier alpha value is -0.640. The largest absolute Gasteiger partial charge is 0.338 e. The highest BCUT2D eigenvalue weighted by Crippen LogP contribution is 1.92. The standard InChI is InChI=1S/C6H11FN2O/c7-5-6(10)9-3-1-8-2-4-9/h8H,1-5H2. The van der Waals surface area contributed by atoms with Crippen molar-refractivity contribution in [3.63, 3.8) is 0 Å². The second-order valence-corrected chi connectivity index (χ2v) is 2.26. The molecule has 0 aliphatic carbocycles. The molecule has 3 nitrogen and oxygen atoms in total. The van der Waals surface area contributed by atoms with Gasteiger partial charge in [0, 0.05) is 26.2 Å². The van der Waals surface area contributed by atoms with Gasteiger partial charge in [0.05, 0.1) is 0 Å². The maximum atomic E-state index is 11.8. The number of hydrogen-bond donors (Lipinski definition) is 1. The van der Waals surface area contributed by atoms with E-state index in [1.54, 1.807) is 0 Å². The van der Waals surface area contributed by atoms with E-state index in [1.165, 1.54) is 4.90 Å². The Morgan fingerprint density at radius 1 is 1.50 bits per heavy atom. The normalized spacial score (nSPS) is 19.1. The lowest BCUT2D eigenvalue weighted by Crippen LogP contribution is -2.46. The summed E-state index contributed by atoms with van der Waals surface area (Å²) >= 11 is 0. The van der Waals surface area contributed by atoms with Crippen LogP contribution in [0.5, 0.6) is 0 Å². The van der Waals surface area contributed by atoms with Gasteiger partial charge in [0.15, 0.2) is 6.67 Å². The zero-order chi connectivity index (χ0) is 7.40. The van der Waals surface area contributed by atoms with Gasteiger partial charge in [0.1, 0.15) is 0 Å². The molecule has 0 aromatic carbocycles. The number of nitrogens with one attached hydrogen (secondary N) is 1. The number of hydrogen-bond acceptors (Lipinski definition) is 2. The zero-order valence-corrected chi connectivity index (χ0v) is 5.77. The average molecular weight is 146 g/mol. The first kappa shape index (κ1) is 7.47. The monoisotopic (exact) mass is 146 g/mol. The predicted molar refractivity (Wildman–Crippen MR) is 35.4 cm³/mol. The molecule has 1 fully saturated rings. The molecule has 1 amide bonds. The van der Waals surface area contributed by atoms with E-state index in [9.17, 15) is 9.18 Å². The maximum absolute atomic E-state index is 11.8. The van der Waals surface area contributed by atoms with Gasteiger partial charge in [0.25, 0.3) is 5.91 Å². The van der Waals surface area contributed by atoms with Crippen LogP contribution in [0.15, 0.2) is 0 Å². The molecule has 4 heteroatoms. The van der Waals surface area contributed by atoms with E-state index in [4.69, 9.17) is 0 Å². The SMILES string of the molecule is O=C(CF)N1CCNCC1. The molecule has 1 heterocycles. The molecule has 1 saturated heterocycles. The van der Waals surface area contributed by atoms with Crippen LogP contribution in [0, 0.1) is 0 Å². The smallest absolute Gasteiger partial charge is 0.254 e. The van der Waals surface area contributed by atoms with Crippen molar-refractivity contribution in [1.82, 2.24) is 10.2 Å². The van der Waals surface area contributed by atoms with Crippen molar-refractivity contribution >= 4 is 5.91 Å². The molecule has 1 N–H and O–H groups in total. The predicted octanol–water partition coefficient (Wildman–Crippen LogP) is -0.612. The summed E-state index contributed by atoms with van der Waals surface area (Å²) in [4.78, 5) is 12.2. The first-order chi connectivity index (χ1) is 4.84. The van der Waals surface area contributed by atoms with Crippen LogP contribution in [0.4, 0.5) is 4.39 Å². The van der Waals surface area contributed by atoms with E-state index >= 15 is 0 Å². The molecule has 58 valence electrons. The third-order valence-electron chi connectivity index (χ3n) is 1.58. The summed E-state index contributed by atoms with van der Waals surface area (Å²) in [7, 11) is 0. The third kappa shape index (κ3) is 1.67. The van der Waals surface area contributed by atoms with Crippen molar-refractivity contribution < 1.29 is 9.18 Å². The van der Waals surface area contributed by atoms with Crippen molar-refractivity contribution in [2.75, 3.05) is 32.9 Å². The number of alkyl halides is 1. The Labute approximate surface area is 59.2 Å². The fourth-order valence-electron chi connectivity index (χ4n) is 0.999. The van der Waals surface area contributed by atoms with Crippen molar-refractivity contribution in [2.45, 2.75) is 0 Å². The van der Waals surface area contributed by atoms with E-state index in [0.717, 1.165) is 13.1 Å². The molecular weight excluding hydrogens is 135 g/mol. The van der Waals surface area contributed by atoms with E-state index in [2.05, 4.69) is 5.32 Å². The summed E-state index contributed by atoms with van der Waals surface area (Å²) in [5.41, 5.74) is 0. The Kier molecular flexibility index (Phi) is 2.62. The van der Waals surface area contributed by atoms with Gasteiger partial charge in [-0.2, -0.15) is 0 Å². The van der Waals surface area contributed by atoms with Gasteiger partial charge >= 0.3 is 0 Å². The van der Waals surface area contributed by atoms with Crippen LogP contribution in [0.3, 0.4) is 0 Å². The molecule has 0 atom stereocenters. The second-order valence-electron chi connectivity index (χ2n) is 2.26. The first-order valence-electron chi connectivity index (χ1n) is 3.39. The number of carbonyl (C=O) groups is 1. The van der Waals surface area contributed by atoms with Crippen LogP contribution in [0.1, 0.15) is 0 Å². The molecule has 0 spiro atoms. The average Bonchev–Trinajstić information content (AvgIpc) is 2.05. The minimum Gasteiger partial charge on any atom is -0.338 e. The van der Waals surface area contributed by atoms with E-state index in [0.29, 0.717) is 13.1 Å². The van der Waals surface area contributed by atoms with Crippen LogP contribution in [-0.2, 0) is 4.79 Å². The summed E-state index contributed by atoms with van der Waals surface area (Å²) in [5.74, 6) is -0.387. The number of piperazine rings is 1. The Bertz CT molecular complexity index is 123. The fraction of sp³-hybridized carbons (Fsp3) is 0.833. The van der Waals surface area contributed by atoms with Crippen molar-refractivity contribution in [2.24, 2.45) is 0 Å². The fourth-order valence-corrected chi connectivity index (χ4v) is 0.999. The van der Waals surface area contributed by atoms with Gasteiger partial charge in [-0.3, -0.25) is 4.79 Å². The minimum absolute atomic E-state index is 0.387. The van der Waals surface area contributed by atoms with Gasteiger partial charge in [-0.1, -0.05) is 0 Å². The van der Waals surface area contributed by atoms with Crippen molar-refractivity contribution in [3.8, 4) is 0 Å². The molecule has 1 aliphatic heterocycles. The Morgan fingerprint density at radius 3 is 2.60 bits per heavy atom. The van der Waals surface area contributed by atoms with Crippen LogP contribution in [0.2, 0.25) is 0 Å². The number of nitrogens with zero attached hydrogens (tertiary/aromatic N) is 1. The lowest BCUT2D eigenvalue weighted by Gasteiger charge is -2.26. The van der Waals surface area contributed by atoms with Gasteiger partial charge < -0.3 is 10.2 Å². The summed E-state index contributed by atoms with van der Waals surface area (Å²) in [6.07, 6.45) is 0. The first-order valence-corrected chi connectivity index (χ1v) is 3.39. The highest BCUT2D eigenvalue weighted by molar-refractivity contribution is 5.77. The number of halogens is 1. The van der Waals surface area contributed by atoms with E-state index in [-0.39, 0.29) is 5.91 Å². The minimum atomic E-state index is -0.861. The quantitative estimate of drug-likeness (QED) is 0.535. The highest BCUT2D eigenvalue weighted by Gasteiger charge is 2.14. The highest BCUT2D eigenvalue weighted by atomic mass is 19.1. The molecule has 0 aromatic rings. The molecule has 0 saturated carbocycles. The van der Waals surface area contributed by atoms with Crippen LogP contribution < -0.4 is 5.32 Å². The van der Waals surface area contributed by atoms with Gasteiger partial charge in [-0.25, -0.2) is 4.39 Å². The molecule has 10 heavy (non-hydrogen) atoms. The summed E-state index contributed by atoms with van der Waals surface area (Å²) in [6, 6.07) is 0. The molecule has 0 unspecified atom stereocenters. The lowest BCUT2D eigenvalue weighted by molar-refractivity contribution is -0.132. The van der Waals surface area contributed by atoms with Crippen LogP contribution >= 0.6 is 0 Å². The van der Waals surface area contributed by atoms with E-state index in [1.807, 2.05) is 0 Å². The van der Waals surface area contributed by atoms with E-state index < -0.39 is 6.67 Å². The van der Waals surface area contributed by atoms with Crippen molar-refractivity contribution in [1.29, 1.82) is 0 Å². The lowest BCUT2D eigenvalue weighted by atomic mass is 10.3. The summed E-state index contributed by atoms with van der Waals surface area (Å²) in [5, 5.41) is 3.08. The second kappa shape index (κ2) is 3.51.